The zero-order valence-corrected chi connectivity index (χ0v) is 13.2. The van der Waals surface area contributed by atoms with Gasteiger partial charge in [0.15, 0.2) is 5.11 Å². The van der Waals surface area contributed by atoms with Crippen LogP contribution in [0.5, 0.6) is 0 Å². The van der Waals surface area contributed by atoms with E-state index < -0.39 is 0 Å². The van der Waals surface area contributed by atoms with Crippen molar-refractivity contribution in [2.45, 2.75) is 52.5 Å². The molecule has 6 heteroatoms. The van der Waals surface area contributed by atoms with Gasteiger partial charge in [0.05, 0.1) is 0 Å². The lowest BCUT2D eigenvalue weighted by Crippen LogP contribution is -2.47. The predicted octanol–water partition coefficient (Wildman–Crippen LogP) is 2.46. The maximum Gasteiger partial charge on any atom is 0.242 e. The summed E-state index contributed by atoms with van der Waals surface area (Å²) in [6.45, 7) is 6.17. The van der Waals surface area contributed by atoms with Crippen LogP contribution in [0.25, 0.3) is 0 Å². The lowest BCUT2D eigenvalue weighted by Gasteiger charge is -2.30. The molecule has 0 amide bonds. The molecule has 1 aliphatic carbocycles. The third-order valence-electron chi connectivity index (χ3n) is 3.70. The summed E-state index contributed by atoms with van der Waals surface area (Å²) in [4.78, 5) is 8.59. The molecule has 1 saturated carbocycles. The Hall–Kier alpha value is -1.43. The molecule has 3 N–H and O–H groups in total. The fourth-order valence-electron chi connectivity index (χ4n) is 2.63. The Balaban J connectivity index is 1.82. The number of nitrogens with one attached hydrogen (secondary N) is 3. The van der Waals surface area contributed by atoms with E-state index in [1.165, 1.54) is 25.7 Å². The Kier molecular flexibility index (Phi) is 5.11. The molecule has 0 bridgehead atoms. The first-order valence-corrected chi connectivity index (χ1v) is 7.60. The quantitative estimate of drug-likeness (QED) is 0.588. The van der Waals surface area contributed by atoms with Crippen molar-refractivity contribution in [3.8, 4) is 0 Å². The molecule has 2 atom stereocenters. The molecular weight excluding hydrogens is 270 g/mol. The summed E-state index contributed by atoms with van der Waals surface area (Å²) in [6.07, 6.45) is 5.06. The van der Waals surface area contributed by atoms with Crippen LogP contribution in [0.3, 0.4) is 0 Å². The summed E-state index contributed by atoms with van der Waals surface area (Å²) >= 11 is 5.31. The molecule has 1 fully saturated rings. The Labute approximate surface area is 125 Å². The number of rotatable bonds is 3. The minimum atomic E-state index is 0.464. The fourth-order valence-corrected chi connectivity index (χ4v) is 2.83. The highest BCUT2D eigenvalue weighted by Gasteiger charge is 2.21. The number of anilines is 1. The number of hydrogen-bond acceptors (Lipinski definition) is 4. The Morgan fingerprint density at radius 1 is 1.20 bits per heavy atom. The molecule has 1 aliphatic rings. The van der Waals surface area contributed by atoms with Gasteiger partial charge in [-0.15, -0.1) is 0 Å². The molecular formula is C14H23N5S. The first kappa shape index (κ1) is 15.0. The van der Waals surface area contributed by atoms with Gasteiger partial charge in [-0.3, -0.25) is 10.9 Å². The summed E-state index contributed by atoms with van der Waals surface area (Å²) < 4.78 is 0. The Bertz CT molecular complexity index is 456. The number of aromatic nitrogens is 2. The zero-order valence-electron chi connectivity index (χ0n) is 12.4. The second-order valence-corrected chi connectivity index (χ2v) is 5.97. The van der Waals surface area contributed by atoms with Crippen molar-refractivity contribution in [3.63, 3.8) is 0 Å². The molecule has 1 aromatic heterocycles. The van der Waals surface area contributed by atoms with Crippen molar-refractivity contribution in [1.29, 1.82) is 0 Å². The Morgan fingerprint density at radius 2 is 1.85 bits per heavy atom. The molecule has 2 rings (SSSR count). The van der Waals surface area contributed by atoms with Crippen molar-refractivity contribution in [3.05, 3.63) is 17.5 Å². The van der Waals surface area contributed by atoms with Crippen LogP contribution in [0.4, 0.5) is 5.95 Å². The molecule has 20 heavy (non-hydrogen) atoms. The lowest BCUT2D eigenvalue weighted by atomic mass is 9.86. The Morgan fingerprint density at radius 3 is 2.50 bits per heavy atom. The van der Waals surface area contributed by atoms with Crippen LogP contribution in [0, 0.1) is 19.8 Å². The van der Waals surface area contributed by atoms with E-state index in [1.807, 2.05) is 19.9 Å². The SMILES string of the molecule is Cc1cc(C)nc(NNC(=S)N[C@H]2CCCC[C@@H]2C)n1. The second-order valence-electron chi connectivity index (χ2n) is 5.57. The van der Waals surface area contributed by atoms with Crippen LogP contribution in [-0.2, 0) is 0 Å². The summed E-state index contributed by atoms with van der Waals surface area (Å²) in [7, 11) is 0. The number of thiocarbonyl (C=S) groups is 1. The molecule has 1 heterocycles. The first-order valence-electron chi connectivity index (χ1n) is 7.19. The smallest absolute Gasteiger partial charge is 0.242 e. The van der Waals surface area contributed by atoms with E-state index in [2.05, 4.69) is 33.1 Å². The van der Waals surface area contributed by atoms with Crippen molar-refractivity contribution in [1.82, 2.24) is 20.7 Å². The zero-order chi connectivity index (χ0) is 14.5. The van der Waals surface area contributed by atoms with Gasteiger partial charge < -0.3 is 5.32 Å². The van der Waals surface area contributed by atoms with Crippen LogP contribution >= 0.6 is 12.2 Å². The van der Waals surface area contributed by atoms with Gasteiger partial charge in [0.1, 0.15) is 0 Å². The molecule has 0 saturated heterocycles. The van der Waals surface area contributed by atoms with Gasteiger partial charge in [0.2, 0.25) is 5.95 Å². The first-order chi connectivity index (χ1) is 9.54. The molecule has 1 aromatic rings. The molecule has 0 unspecified atom stereocenters. The molecule has 0 aliphatic heterocycles. The highest BCUT2D eigenvalue weighted by Crippen LogP contribution is 2.23. The van der Waals surface area contributed by atoms with Crippen molar-refractivity contribution in [2.24, 2.45) is 5.92 Å². The maximum absolute atomic E-state index is 5.31. The number of hydrazine groups is 1. The molecule has 110 valence electrons. The van der Waals surface area contributed by atoms with Gasteiger partial charge >= 0.3 is 0 Å². The van der Waals surface area contributed by atoms with E-state index >= 15 is 0 Å². The average Bonchev–Trinajstić information content (AvgIpc) is 2.38. The fraction of sp³-hybridized carbons (Fsp3) is 0.643. The van der Waals surface area contributed by atoms with Crippen LogP contribution in [0.15, 0.2) is 6.07 Å². The van der Waals surface area contributed by atoms with Crippen molar-refractivity contribution in [2.75, 3.05) is 5.43 Å². The second kappa shape index (κ2) is 6.83. The third-order valence-corrected chi connectivity index (χ3v) is 3.92. The normalized spacial score (nSPS) is 22.1. The number of hydrogen-bond donors (Lipinski definition) is 3. The lowest BCUT2D eigenvalue weighted by molar-refractivity contribution is 0.308. The van der Waals surface area contributed by atoms with Crippen molar-refractivity contribution < 1.29 is 0 Å². The van der Waals surface area contributed by atoms with Crippen LogP contribution in [0.1, 0.15) is 44.0 Å². The van der Waals surface area contributed by atoms with Crippen molar-refractivity contribution >= 4 is 23.3 Å². The topological polar surface area (TPSA) is 61.9 Å². The number of aryl methyl sites for hydroxylation is 2. The van der Waals surface area contributed by atoms with E-state index in [1.54, 1.807) is 0 Å². The van der Waals surface area contributed by atoms with Gasteiger partial charge in [0, 0.05) is 17.4 Å². The monoisotopic (exact) mass is 293 g/mol. The molecule has 5 nitrogen and oxygen atoms in total. The highest BCUT2D eigenvalue weighted by atomic mass is 32.1. The maximum atomic E-state index is 5.31. The van der Waals surface area contributed by atoms with E-state index in [0.29, 0.717) is 23.0 Å². The van der Waals surface area contributed by atoms with E-state index in [0.717, 1.165) is 11.4 Å². The predicted molar refractivity (Wildman–Crippen MR) is 85.4 cm³/mol. The summed E-state index contributed by atoms with van der Waals surface area (Å²) in [6, 6.07) is 2.40. The molecule has 0 spiro atoms. The minimum absolute atomic E-state index is 0.464. The highest BCUT2D eigenvalue weighted by molar-refractivity contribution is 7.80. The van der Waals surface area contributed by atoms with E-state index in [-0.39, 0.29) is 0 Å². The summed E-state index contributed by atoms with van der Waals surface area (Å²) in [5, 5.41) is 3.97. The summed E-state index contributed by atoms with van der Waals surface area (Å²) in [5.41, 5.74) is 7.79. The van der Waals surface area contributed by atoms with Gasteiger partial charge in [-0.2, -0.15) is 0 Å². The van der Waals surface area contributed by atoms with Gasteiger partial charge in [0.25, 0.3) is 0 Å². The van der Waals surface area contributed by atoms with E-state index in [9.17, 15) is 0 Å². The van der Waals surface area contributed by atoms with Gasteiger partial charge in [-0.05, 0) is 50.9 Å². The average molecular weight is 293 g/mol. The molecule has 0 aromatic carbocycles. The van der Waals surface area contributed by atoms with E-state index in [4.69, 9.17) is 12.2 Å². The van der Waals surface area contributed by atoms with Gasteiger partial charge in [-0.1, -0.05) is 19.8 Å². The standard InChI is InChI=1S/C14H23N5S/c1-9-6-4-5-7-12(9)17-14(20)19-18-13-15-10(2)8-11(3)16-13/h8-9,12H,4-7H2,1-3H3,(H,15,16,18)(H2,17,19,20)/t9-,12-/m0/s1. The van der Waals surface area contributed by atoms with Crippen LogP contribution < -0.4 is 16.2 Å². The molecule has 0 radical (unpaired) electrons. The summed E-state index contributed by atoms with van der Waals surface area (Å²) in [5.74, 6) is 1.21. The van der Waals surface area contributed by atoms with Gasteiger partial charge in [-0.25, -0.2) is 9.97 Å². The number of nitrogens with zero attached hydrogens (tertiary/aromatic N) is 2. The minimum Gasteiger partial charge on any atom is -0.358 e. The third kappa shape index (κ3) is 4.30. The van der Waals surface area contributed by atoms with Crippen LogP contribution in [0.2, 0.25) is 0 Å². The largest absolute Gasteiger partial charge is 0.358 e. The van der Waals surface area contributed by atoms with Crippen LogP contribution in [-0.4, -0.2) is 21.1 Å².